The lowest BCUT2D eigenvalue weighted by Gasteiger charge is -2.45. The van der Waals surface area contributed by atoms with Gasteiger partial charge in [0.25, 0.3) is 0 Å². The van der Waals surface area contributed by atoms with E-state index in [0.29, 0.717) is 11.2 Å². The van der Waals surface area contributed by atoms with E-state index in [1.54, 1.807) is 6.21 Å². The smallest absolute Gasteiger partial charge is 0.187 e. The molecule has 4 rings (SSSR count). The Balaban J connectivity index is 1.47. The maximum atomic E-state index is 5.84. The van der Waals surface area contributed by atoms with Gasteiger partial charge in [0.1, 0.15) is 0 Å². The first-order chi connectivity index (χ1) is 10.2. The molecule has 0 amide bonds. The molecule has 3 aliphatic rings. The van der Waals surface area contributed by atoms with Crippen LogP contribution in [0.25, 0.3) is 0 Å². The number of benzene rings is 1. The number of nitrogens with one attached hydrogen (secondary N) is 2. The highest BCUT2D eigenvalue weighted by atomic mass is 35.5. The summed E-state index contributed by atoms with van der Waals surface area (Å²) in [6.45, 7) is 3.56. The normalized spacial score (nSPS) is 27.8. The minimum atomic E-state index is 0.457. The molecule has 0 unspecified atom stereocenters. The molecule has 112 valence electrons. The molecule has 0 aliphatic carbocycles. The molecule has 0 spiro atoms. The summed E-state index contributed by atoms with van der Waals surface area (Å²) >= 11 is 11.2. The fourth-order valence-corrected chi connectivity index (χ4v) is 3.37. The number of rotatable bonds is 3. The van der Waals surface area contributed by atoms with Crippen LogP contribution in [0.15, 0.2) is 29.4 Å². The predicted octanol–water partition coefficient (Wildman–Crippen LogP) is 2.23. The molecule has 1 aromatic rings. The molecular formula is C15H19ClN4S. The van der Waals surface area contributed by atoms with E-state index < -0.39 is 0 Å². The van der Waals surface area contributed by atoms with E-state index in [-0.39, 0.29) is 0 Å². The third-order valence-electron chi connectivity index (χ3n) is 4.22. The molecule has 2 bridgehead atoms. The Morgan fingerprint density at radius 2 is 2.00 bits per heavy atom. The second kappa shape index (κ2) is 6.73. The van der Waals surface area contributed by atoms with Crippen molar-refractivity contribution in [2.24, 2.45) is 11.0 Å². The van der Waals surface area contributed by atoms with Gasteiger partial charge >= 0.3 is 0 Å². The monoisotopic (exact) mass is 322 g/mol. The van der Waals surface area contributed by atoms with Gasteiger partial charge in [0.15, 0.2) is 5.11 Å². The molecule has 0 radical (unpaired) electrons. The van der Waals surface area contributed by atoms with Crippen LogP contribution >= 0.6 is 23.8 Å². The molecular weight excluding hydrogens is 304 g/mol. The Morgan fingerprint density at radius 3 is 2.62 bits per heavy atom. The van der Waals surface area contributed by atoms with E-state index in [0.717, 1.165) is 23.0 Å². The Kier molecular flexibility index (Phi) is 4.73. The Morgan fingerprint density at radius 1 is 1.29 bits per heavy atom. The molecule has 3 fully saturated rings. The predicted molar refractivity (Wildman–Crippen MR) is 90.9 cm³/mol. The molecule has 3 saturated heterocycles. The first-order valence-corrected chi connectivity index (χ1v) is 8.07. The lowest BCUT2D eigenvalue weighted by molar-refractivity contribution is 0.0812. The molecule has 0 saturated carbocycles. The summed E-state index contributed by atoms with van der Waals surface area (Å²) in [5.41, 5.74) is 3.87. The van der Waals surface area contributed by atoms with Crippen LogP contribution in [-0.4, -0.2) is 41.9 Å². The maximum absolute atomic E-state index is 5.84. The number of hydrazone groups is 1. The van der Waals surface area contributed by atoms with Gasteiger partial charge in [-0.05, 0) is 61.8 Å². The van der Waals surface area contributed by atoms with Crippen LogP contribution in [0.5, 0.6) is 0 Å². The molecule has 6 heteroatoms. The van der Waals surface area contributed by atoms with Gasteiger partial charge in [-0.3, -0.25) is 5.43 Å². The van der Waals surface area contributed by atoms with Crippen molar-refractivity contribution in [3.63, 3.8) is 0 Å². The van der Waals surface area contributed by atoms with E-state index >= 15 is 0 Å². The fourth-order valence-electron chi connectivity index (χ4n) is 3.04. The SMILES string of the molecule is S=C(N/N=C/c1ccc(Cl)cc1)N[C@H]1CN2CCC1CC2. The minimum absolute atomic E-state index is 0.457. The minimum Gasteiger partial charge on any atom is -0.357 e. The van der Waals surface area contributed by atoms with Crippen LogP contribution in [0.4, 0.5) is 0 Å². The summed E-state index contributed by atoms with van der Waals surface area (Å²) in [6, 6.07) is 7.96. The van der Waals surface area contributed by atoms with Crippen LogP contribution in [0.1, 0.15) is 18.4 Å². The summed E-state index contributed by atoms with van der Waals surface area (Å²) in [4.78, 5) is 2.50. The highest BCUT2D eigenvalue weighted by molar-refractivity contribution is 7.80. The third kappa shape index (κ3) is 3.93. The number of halogens is 1. The lowest BCUT2D eigenvalue weighted by Crippen LogP contribution is -2.58. The van der Waals surface area contributed by atoms with Crippen molar-refractivity contribution in [3.8, 4) is 0 Å². The lowest BCUT2D eigenvalue weighted by atomic mass is 9.84. The van der Waals surface area contributed by atoms with Crippen molar-refractivity contribution < 1.29 is 0 Å². The van der Waals surface area contributed by atoms with Gasteiger partial charge in [-0.2, -0.15) is 5.10 Å². The molecule has 1 atom stereocenters. The van der Waals surface area contributed by atoms with Crippen LogP contribution in [0.3, 0.4) is 0 Å². The molecule has 2 N–H and O–H groups in total. The van der Waals surface area contributed by atoms with Crippen molar-refractivity contribution in [1.29, 1.82) is 0 Å². The summed E-state index contributed by atoms with van der Waals surface area (Å²) in [7, 11) is 0. The number of hydrogen-bond donors (Lipinski definition) is 2. The van der Waals surface area contributed by atoms with Crippen molar-refractivity contribution in [1.82, 2.24) is 15.6 Å². The third-order valence-corrected chi connectivity index (χ3v) is 4.68. The summed E-state index contributed by atoms with van der Waals surface area (Å²) in [5, 5.41) is 8.87. The standard InChI is InChI=1S/C15H19ClN4S/c16-13-3-1-11(2-4-13)9-17-19-15(21)18-14-10-20-7-5-12(14)6-8-20/h1-4,9,12,14H,5-8,10H2,(H2,18,19,21)/b17-9+/t14-/m0/s1. The fraction of sp³-hybridized carbons (Fsp3) is 0.467. The van der Waals surface area contributed by atoms with E-state index in [9.17, 15) is 0 Å². The molecule has 0 aromatic heterocycles. The van der Waals surface area contributed by atoms with E-state index in [4.69, 9.17) is 23.8 Å². The topological polar surface area (TPSA) is 39.7 Å². The van der Waals surface area contributed by atoms with Crippen molar-refractivity contribution in [3.05, 3.63) is 34.9 Å². The largest absolute Gasteiger partial charge is 0.357 e. The number of nitrogens with zero attached hydrogens (tertiary/aromatic N) is 2. The van der Waals surface area contributed by atoms with Gasteiger partial charge < -0.3 is 10.2 Å². The Bertz CT molecular complexity index is 523. The number of piperidine rings is 3. The summed E-state index contributed by atoms with van der Waals surface area (Å²) in [5.74, 6) is 0.745. The Hall–Kier alpha value is -1.17. The second-order valence-electron chi connectivity index (χ2n) is 5.64. The summed E-state index contributed by atoms with van der Waals surface area (Å²) < 4.78 is 0. The molecule has 4 nitrogen and oxygen atoms in total. The van der Waals surface area contributed by atoms with Gasteiger partial charge in [-0.25, -0.2) is 0 Å². The van der Waals surface area contributed by atoms with E-state index in [1.807, 2.05) is 24.3 Å². The first-order valence-electron chi connectivity index (χ1n) is 7.28. The number of fused-ring (bicyclic) bond motifs is 3. The molecule has 3 aliphatic heterocycles. The first kappa shape index (κ1) is 14.8. The quantitative estimate of drug-likeness (QED) is 0.508. The molecule has 21 heavy (non-hydrogen) atoms. The van der Waals surface area contributed by atoms with Gasteiger partial charge in [0.05, 0.1) is 6.21 Å². The van der Waals surface area contributed by atoms with E-state index in [2.05, 4.69) is 20.7 Å². The van der Waals surface area contributed by atoms with Crippen molar-refractivity contribution in [2.75, 3.05) is 19.6 Å². The highest BCUT2D eigenvalue weighted by Gasteiger charge is 2.34. The molecule has 3 heterocycles. The number of hydrogen-bond acceptors (Lipinski definition) is 3. The zero-order valence-corrected chi connectivity index (χ0v) is 13.3. The summed E-state index contributed by atoms with van der Waals surface area (Å²) in [6.07, 6.45) is 4.28. The van der Waals surface area contributed by atoms with Crippen LogP contribution < -0.4 is 10.7 Å². The average Bonchev–Trinajstić information content (AvgIpc) is 2.50. The van der Waals surface area contributed by atoms with E-state index in [1.165, 1.54) is 25.9 Å². The van der Waals surface area contributed by atoms with Gasteiger partial charge in [0, 0.05) is 17.6 Å². The second-order valence-corrected chi connectivity index (χ2v) is 6.48. The van der Waals surface area contributed by atoms with Gasteiger partial charge in [-0.15, -0.1) is 0 Å². The molecule has 1 aromatic carbocycles. The van der Waals surface area contributed by atoms with Crippen LogP contribution in [0, 0.1) is 5.92 Å². The van der Waals surface area contributed by atoms with Crippen molar-refractivity contribution >= 4 is 35.1 Å². The van der Waals surface area contributed by atoms with Crippen LogP contribution in [-0.2, 0) is 0 Å². The van der Waals surface area contributed by atoms with Gasteiger partial charge in [0.2, 0.25) is 0 Å². The van der Waals surface area contributed by atoms with Crippen molar-refractivity contribution in [2.45, 2.75) is 18.9 Å². The Labute approximate surface area is 135 Å². The highest BCUT2D eigenvalue weighted by Crippen LogP contribution is 2.27. The maximum Gasteiger partial charge on any atom is 0.187 e. The zero-order chi connectivity index (χ0) is 14.7. The number of thiocarbonyl (C=S) groups is 1. The van der Waals surface area contributed by atoms with Gasteiger partial charge in [-0.1, -0.05) is 23.7 Å². The zero-order valence-electron chi connectivity index (χ0n) is 11.8. The van der Waals surface area contributed by atoms with Crippen LogP contribution in [0.2, 0.25) is 5.02 Å². The average molecular weight is 323 g/mol.